The highest BCUT2D eigenvalue weighted by molar-refractivity contribution is 5.89. The van der Waals surface area contributed by atoms with Gasteiger partial charge in [-0.05, 0) is 18.1 Å². The zero-order valence-electron chi connectivity index (χ0n) is 11.7. The number of carbonyl (C=O) groups excluding carboxylic acids is 2. The number of esters is 1. The van der Waals surface area contributed by atoms with Gasteiger partial charge in [0.1, 0.15) is 6.29 Å². The summed E-state index contributed by atoms with van der Waals surface area (Å²) >= 11 is 0. The number of ether oxygens (including phenoxy) is 1. The van der Waals surface area contributed by atoms with Crippen molar-refractivity contribution in [1.29, 1.82) is 0 Å². The van der Waals surface area contributed by atoms with Crippen molar-refractivity contribution in [3.8, 4) is 0 Å². The summed E-state index contributed by atoms with van der Waals surface area (Å²) in [7, 11) is 0. The molecule has 1 rings (SSSR count). The van der Waals surface area contributed by atoms with Crippen LogP contribution in [0.15, 0.2) is 30.3 Å². The molecule has 0 aliphatic rings. The summed E-state index contributed by atoms with van der Waals surface area (Å²) < 4.78 is 4.66. The van der Waals surface area contributed by atoms with Gasteiger partial charge in [0.25, 0.3) is 0 Å². The van der Waals surface area contributed by atoms with Crippen LogP contribution in [0.4, 0.5) is 0 Å². The molecule has 0 radical (unpaired) electrons. The number of hydrogen-bond donors (Lipinski definition) is 0. The molecule has 0 heterocycles. The summed E-state index contributed by atoms with van der Waals surface area (Å²) in [5.74, 6) is -0.00468. The minimum absolute atomic E-state index is 0.194. The number of rotatable bonds is 6. The van der Waals surface area contributed by atoms with Gasteiger partial charge in [0.05, 0.1) is 5.56 Å². The Morgan fingerprint density at radius 3 is 2.35 bits per heavy atom. The van der Waals surface area contributed by atoms with E-state index in [1.54, 1.807) is 30.3 Å². The van der Waals surface area contributed by atoms with Crippen LogP contribution >= 0.6 is 0 Å². The maximum Gasteiger partial charge on any atom is 0.338 e. The molecular weight excluding hydrogens is 262 g/mol. The Bertz CT molecular complexity index is 417. The van der Waals surface area contributed by atoms with E-state index in [0.29, 0.717) is 17.9 Å². The van der Waals surface area contributed by atoms with Crippen molar-refractivity contribution in [2.45, 2.75) is 20.3 Å². The van der Waals surface area contributed by atoms with Crippen LogP contribution in [0.5, 0.6) is 0 Å². The molecule has 0 aliphatic carbocycles. The minimum Gasteiger partial charge on any atom is -0.455 e. The molecule has 0 bridgehead atoms. The number of aldehydes is 1. The van der Waals surface area contributed by atoms with E-state index in [9.17, 15) is 19.7 Å². The van der Waals surface area contributed by atoms with Crippen LogP contribution < -0.4 is 0 Å². The molecule has 110 valence electrons. The predicted molar refractivity (Wildman–Crippen MR) is 74.1 cm³/mol. The van der Waals surface area contributed by atoms with E-state index < -0.39 is 10.9 Å². The molecule has 0 N–H and O–H groups in total. The van der Waals surface area contributed by atoms with Gasteiger partial charge >= 0.3 is 5.97 Å². The van der Waals surface area contributed by atoms with E-state index in [-0.39, 0.29) is 13.2 Å². The average molecular weight is 281 g/mol. The molecule has 0 unspecified atom stereocenters. The normalized spacial score (nSPS) is 9.35. The Balaban J connectivity index is 0.000000511. The molecule has 0 spiro atoms. The van der Waals surface area contributed by atoms with Crippen molar-refractivity contribution < 1.29 is 19.2 Å². The van der Waals surface area contributed by atoms with Crippen molar-refractivity contribution in [3.05, 3.63) is 46.0 Å². The highest BCUT2D eigenvalue weighted by Crippen LogP contribution is 2.00. The lowest BCUT2D eigenvalue weighted by atomic mass is 10.2. The fourth-order valence-corrected chi connectivity index (χ4v) is 1.06. The fraction of sp³-hybridized carbons (Fsp3) is 0.429. The van der Waals surface area contributed by atoms with Gasteiger partial charge in [-0.15, -0.1) is 0 Å². The van der Waals surface area contributed by atoms with Gasteiger partial charge < -0.3 is 9.53 Å². The Morgan fingerprint density at radius 1 is 1.35 bits per heavy atom. The number of benzene rings is 1. The van der Waals surface area contributed by atoms with Gasteiger partial charge in [0.2, 0.25) is 6.54 Å². The van der Waals surface area contributed by atoms with Gasteiger partial charge in [-0.2, -0.15) is 0 Å². The second-order valence-corrected chi connectivity index (χ2v) is 4.35. The van der Waals surface area contributed by atoms with Crippen LogP contribution in [0, 0.1) is 16.0 Å². The third-order valence-electron chi connectivity index (χ3n) is 2.08. The maximum atomic E-state index is 11.2. The third kappa shape index (κ3) is 9.76. The number of nitro groups is 1. The maximum absolute atomic E-state index is 11.2. The second kappa shape index (κ2) is 10.7. The Morgan fingerprint density at radius 2 is 1.95 bits per heavy atom. The minimum atomic E-state index is -0.535. The highest BCUT2D eigenvalue weighted by Gasteiger charge is 2.07. The van der Waals surface area contributed by atoms with Crippen LogP contribution in [0.25, 0.3) is 0 Å². The van der Waals surface area contributed by atoms with Crippen LogP contribution in [-0.2, 0) is 9.53 Å². The molecule has 0 atom stereocenters. The predicted octanol–water partition coefficient (Wildman–Crippen LogP) is 2.35. The molecule has 0 fully saturated rings. The molecule has 1 aromatic rings. The summed E-state index contributed by atoms with van der Waals surface area (Å²) in [6, 6.07) is 8.35. The van der Waals surface area contributed by atoms with Crippen LogP contribution in [0.1, 0.15) is 30.6 Å². The van der Waals surface area contributed by atoms with Crippen molar-refractivity contribution >= 4 is 12.3 Å². The molecule has 0 aliphatic heterocycles. The molecule has 0 aromatic heterocycles. The van der Waals surface area contributed by atoms with Crippen LogP contribution in [-0.4, -0.2) is 30.3 Å². The van der Waals surface area contributed by atoms with Crippen molar-refractivity contribution in [2.75, 3.05) is 13.2 Å². The fourth-order valence-electron chi connectivity index (χ4n) is 1.06. The molecule has 1 aromatic carbocycles. The molecular formula is C14H19NO5. The zero-order valence-corrected chi connectivity index (χ0v) is 11.7. The van der Waals surface area contributed by atoms with E-state index in [2.05, 4.69) is 4.74 Å². The quantitative estimate of drug-likeness (QED) is 0.346. The average Bonchev–Trinajstić information content (AvgIpc) is 2.39. The standard InChI is InChI=1S/C9H9NO4.C5H10O/c11-9(14-7-6-10(12)13)8-4-2-1-3-5-8;1-5(2)3-4-6/h1-5H,6-7H2;4-5H,3H2,1-2H3. The monoisotopic (exact) mass is 281 g/mol. The first kappa shape index (κ1) is 17.8. The Hall–Kier alpha value is -2.24. The van der Waals surface area contributed by atoms with Gasteiger partial charge in [0.15, 0.2) is 6.61 Å². The molecule has 0 saturated heterocycles. The number of hydrogen-bond acceptors (Lipinski definition) is 5. The molecule has 0 saturated carbocycles. The Kier molecular flexibility index (Phi) is 9.47. The first-order chi connectivity index (χ1) is 9.47. The first-order valence-corrected chi connectivity index (χ1v) is 6.25. The van der Waals surface area contributed by atoms with Crippen LogP contribution in [0.3, 0.4) is 0 Å². The highest BCUT2D eigenvalue weighted by atomic mass is 16.6. The van der Waals surface area contributed by atoms with Crippen molar-refractivity contribution in [3.63, 3.8) is 0 Å². The van der Waals surface area contributed by atoms with Gasteiger partial charge in [-0.3, -0.25) is 10.1 Å². The number of nitrogens with zero attached hydrogens (tertiary/aromatic N) is 1. The van der Waals surface area contributed by atoms with Gasteiger partial charge in [-0.25, -0.2) is 4.79 Å². The van der Waals surface area contributed by atoms with Crippen LogP contribution in [0.2, 0.25) is 0 Å². The van der Waals surface area contributed by atoms with E-state index >= 15 is 0 Å². The number of carbonyl (C=O) groups is 2. The lowest BCUT2D eigenvalue weighted by molar-refractivity contribution is -0.482. The molecule has 0 amide bonds. The summed E-state index contributed by atoms with van der Waals surface area (Å²) in [4.78, 5) is 30.2. The van der Waals surface area contributed by atoms with E-state index in [4.69, 9.17) is 0 Å². The zero-order chi connectivity index (χ0) is 15.4. The first-order valence-electron chi connectivity index (χ1n) is 6.25. The molecule has 6 heteroatoms. The Labute approximate surface area is 117 Å². The van der Waals surface area contributed by atoms with E-state index in [1.807, 2.05) is 13.8 Å². The lowest BCUT2D eigenvalue weighted by Crippen LogP contribution is -2.13. The molecule has 6 nitrogen and oxygen atoms in total. The van der Waals surface area contributed by atoms with Gasteiger partial charge in [0, 0.05) is 11.3 Å². The molecule has 20 heavy (non-hydrogen) atoms. The third-order valence-corrected chi connectivity index (χ3v) is 2.08. The van der Waals surface area contributed by atoms with Crippen molar-refractivity contribution in [1.82, 2.24) is 0 Å². The second-order valence-electron chi connectivity index (χ2n) is 4.35. The topological polar surface area (TPSA) is 86.5 Å². The van der Waals surface area contributed by atoms with Crippen molar-refractivity contribution in [2.24, 2.45) is 5.92 Å². The summed E-state index contributed by atoms with van der Waals surface area (Å²) in [5, 5.41) is 9.93. The smallest absolute Gasteiger partial charge is 0.338 e. The SMILES string of the molecule is CC(C)CC=O.O=C(OCC[N+](=O)[O-])c1ccccc1. The lowest BCUT2D eigenvalue weighted by Gasteiger charge is -2.00. The summed E-state index contributed by atoms with van der Waals surface area (Å²) in [6.07, 6.45) is 1.64. The van der Waals surface area contributed by atoms with Gasteiger partial charge in [-0.1, -0.05) is 32.0 Å². The summed E-state index contributed by atoms with van der Waals surface area (Å²) in [6.45, 7) is 3.49. The summed E-state index contributed by atoms with van der Waals surface area (Å²) in [5.41, 5.74) is 0.399. The van der Waals surface area contributed by atoms with E-state index in [1.165, 1.54) is 0 Å². The largest absolute Gasteiger partial charge is 0.455 e. The van der Waals surface area contributed by atoms with E-state index in [0.717, 1.165) is 6.29 Å².